The van der Waals surface area contributed by atoms with Gasteiger partial charge >= 0.3 is 0 Å². The third-order valence-corrected chi connectivity index (χ3v) is 3.89. The highest BCUT2D eigenvalue weighted by Gasteiger charge is 2.25. The van der Waals surface area contributed by atoms with Crippen LogP contribution in [0.1, 0.15) is 23.3 Å². The first-order valence-electron chi connectivity index (χ1n) is 7.29. The van der Waals surface area contributed by atoms with Gasteiger partial charge in [0.25, 0.3) is 5.91 Å². The first kappa shape index (κ1) is 12.9. The number of phenols is 1. The molecule has 5 heteroatoms. The summed E-state index contributed by atoms with van der Waals surface area (Å²) >= 11 is 0. The molecule has 2 aromatic carbocycles. The first-order valence-corrected chi connectivity index (χ1v) is 7.29. The molecule has 0 spiro atoms. The number of nitrogens with one attached hydrogen (secondary N) is 2. The standard InChI is InChI=1S/C17H15N3O2/c21-13-6-1-10(2-7-13)11-3-8-14-15(9-11)19-20-16(14)17(22)18-12-4-5-12/h1-3,6-9,12,21H,4-5H2,(H,18,22)(H,19,20). The zero-order chi connectivity index (χ0) is 15.1. The molecular weight excluding hydrogens is 278 g/mol. The van der Waals surface area contributed by atoms with Gasteiger partial charge < -0.3 is 10.4 Å². The largest absolute Gasteiger partial charge is 0.508 e. The lowest BCUT2D eigenvalue weighted by Crippen LogP contribution is -2.25. The van der Waals surface area contributed by atoms with Crippen molar-refractivity contribution in [1.29, 1.82) is 0 Å². The number of H-pyrrole nitrogens is 1. The maximum Gasteiger partial charge on any atom is 0.272 e. The predicted octanol–water partition coefficient (Wildman–Crippen LogP) is 2.83. The van der Waals surface area contributed by atoms with Crippen LogP contribution in [0.2, 0.25) is 0 Å². The number of rotatable bonds is 3. The minimum absolute atomic E-state index is 0.119. The number of aromatic hydroxyl groups is 1. The second-order valence-electron chi connectivity index (χ2n) is 5.63. The minimum Gasteiger partial charge on any atom is -0.508 e. The SMILES string of the molecule is O=C(NC1CC1)c1n[nH]c2cc(-c3ccc(O)cc3)ccc12. The Balaban J connectivity index is 1.70. The Labute approximate surface area is 127 Å². The fourth-order valence-electron chi connectivity index (χ4n) is 2.51. The number of carbonyl (C=O) groups is 1. The van der Waals surface area contributed by atoms with E-state index in [1.807, 2.05) is 30.3 Å². The Morgan fingerprint density at radius 2 is 1.86 bits per heavy atom. The van der Waals surface area contributed by atoms with Crippen molar-refractivity contribution in [2.24, 2.45) is 0 Å². The van der Waals surface area contributed by atoms with Gasteiger partial charge in [0.15, 0.2) is 5.69 Å². The van der Waals surface area contributed by atoms with Crippen molar-refractivity contribution in [3.05, 3.63) is 48.2 Å². The highest BCUT2D eigenvalue weighted by atomic mass is 16.3. The minimum atomic E-state index is -0.119. The molecule has 1 aliphatic rings. The molecule has 3 aromatic rings. The molecule has 4 rings (SSSR count). The van der Waals surface area contributed by atoms with Gasteiger partial charge in [-0.25, -0.2) is 0 Å². The number of carbonyl (C=O) groups excluding carboxylic acids is 1. The Bertz CT molecular complexity index is 848. The Kier molecular flexibility index (Phi) is 2.85. The molecule has 0 radical (unpaired) electrons. The quantitative estimate of drug-likeness (QED) is 0.695. The van der Waals surface area contributed by atoms with Crippen LogP contribution in [-0.4, -0.2) is 27.3 Å². The molecule has 1 aliphatic carbocycles. The number of phenolic OH excluding ortho intramolecular Hbond substituents is 1. The van der Waals surface area contributed by atoms with E-state index in [1.54, 1.807) is 12.1 Å². The number of hydrogen-bond donors (Lipinski definition) is 3. The second kappa shape index (κ2) is 4.87. The van der Waals surface area contributed by atoms with Crippen LogP contribution in [0.15, 0.2) is 42.5 Å². The van der Waals surface area contributed by atoms with E-state index in [4.69, 9.17) is 0 Å². The van der Waals surface area contributed by atoms with Gasteiger partial charge in [-0.1, -0.05) is 18.2 Å². The van der Waals surface area contributed by atoms with Crippen LogP contribution in [0.5, 0.6) is 5.75 Å². The van der Waals surface area contributed by atoms with Gasteiger partial charge in [-0.2, -0.15) is 5.10 Å². The lowest BCUT2D eigenvalue weighted by molar-refractivity contribution is 0.0947. The lowest BCUT2D eigenvalue weighted by Gasteiger charge is -2.03. The first-order chi connectivity index (χ1) is 10.7. The van der Waals surface area contributed by atoms with Gasteiger partial charge in [0.2, 0.25) is 0 Å². The summed E-state index contributed by atoms with van der Waals surface area (Å²) in [4.78, 5) is 12.1. The lowest BCUT2D eigenvalue weighted by atomic mass is 10.0. The van der Waals surface area contributed by atoms with Crippen LogP contribution >= 0.6 is 0 Å². The Morgan fingerprint density at radius 1 is 1.14 bits per heavy atom. The van der Waals surface area contributed by atoms with E-state index in [-0.39, 0.29) is 11.7 Å². The van der Waals surface area contributed by atoms with E-state index >= 15 is 0 Å². The second-order valence-corrected chi connectivity index (χ2v) is 5.63. The topological polar surface area (TPSA) is 78.0 Å². The highest BCUT2D eigenvalue weighted by Crippen LogP contribution is 2.27. The van der Waals surface area contributed by atoms with E-state index in [2.05, 4.69) is 15.5 Å². The summed E-state index contributed by atoms with van der Waals surface area (Å²) in [6.07, 6.45) is 2.11. The third kappa shape index (κ3) is 2.30. The summed E-state index contributed by atoms with van der Waals surface area (Å²) in [5.74, 6) is 0.122. The molecule has 22 heavy (non-hydrogen) atoms. The van der Waals surface area contributed by atoms with Crippen molar-refractivity contribution in [2.45, 2.75) is 18.9 Å². The molecule has 3 N–H and O–H groups in total. The van der Waals surface area contributed by atoms with E-state index in [0.29, 0.717) is 11.7 Å². The summed E-state index contributed by atoms with van der Waals surface area (Å²) in [6.45, 7) is 0. The fourth-order valence-corrected chi connectivity index (χ4v) is 2.51. The number of nitrogens with zero attached hydrogens (tertiary/aromatic N) is 1. The van der Waals surface area contributed by atoms with Gasteiger partial charge in [0.05, 0.1) is 5.52 Å². The molecule has 0 bridgehead atoms. The number of amides is 1. The zero-order valence-corrected chi connectivity index (χ0v) is 11.8. The van der Waals surface area contributed by atoms with Gasteiger partial charge in [0, 0.05) is 11.4 Å². The number of aromatic nitrogens is 2. The van der Waals surface area contributed by atoms with Gasteiger partial charge in [-0.15, -0.1) is 0 Å². The maximum atomic E-state index is 12.1. The van der Waals surface area contributed by atoms with Crippen LogP contribution in [-0.2, 0) is 0 Å². The molecule has 0 saturated heterocycles. The Hall–Kier alpha value is -2.82. The maximum absolute atomic E-state index is 12.1. The van der Waals surface area contributed by atoms with E-state index < -0.39 is 0 Å². The highest BCUT2D eigenvalue weighted by molar-refractivity contribution is 6.05. The van der Waals surface area contributed by atoms with Gasteiger partial charge in [-0.05, 0) is 48.2 Å². The molecule has 0 aliphatic heterocycles. The number of hydrogen-bond acceptors (Lipinski definition) is 3. The smallest absolute Gasteiger partial charge is 0.272 e. The number of aromatic amines is 1. The fraction of sp³-hybridized carbons (Fsp3) is 0.176. The van der Waals surface area contributed by atoms with Crippen molar-refractivity contribution < 1.29 is 9.90 Å². The normalized spacial score (nSPS) is 14.2. The van der Waals surface area contributed by atoms with Gasteiger partial charge in [-0.3, -0.25) is 9.89 Å². The van der Waals surface area contributed by atoms with E-state index in [1.165, 1.54) is 0 Å². The zero-order valence-electron chi connectivity index (χ0n) is 11.8. The van der Waals surface area contributed by atoms with Crippen molar-refractivity contribution in [3.8, 4) is 16.9 Å². The average molecular weight is 293 g/mol. The van der Waals surface area contributed by atoms with Crippen LogP contribution in [0.3, 0.4) is 0 Å². The van der Waals surface area contributed by atoms with Crippen molar-refractivity contribution >= 4 is 16.8 Å². The van der Waals surface area contributed by atoms with E-state index in [9.17, 15) is 9.90 Å². The summed E-state index contributed by atoms with van der Waals surface area (Å²) in [6, 6.07) is 13.2. The molecule has 1 fully saturated rings. The van der Waals surface area contributed by atoms with Crippen LogP contribution in [0.4, 0.5) is 0 Å². The molecule has 110 valence electrons. The molecule has 1 amide bonds. The molecule has 0 unspecified atom stereocenters. The number of fused-ring (bicyclic) bond motifs is 1. The molecule has 1 aromatic heterocycles. The monoisotopic (exact) mass is 293 g/mol. The molecular formula is C17H15N3O2. The average Bonchev–Trinajstić information content (AvgIpc) is 3.23. The molecule has 0 atom stereocenters. The number of benzene rings is 2. The van der Waals surface area contributed by atoms with Crippen molar-refractivity contribution in [3.63, 3.8) is 0 Å². The van der Waals surface area contributed by atoms with Crippen molar-refractivity contribution in [2.75, 3.05) is 0 Å². The predicted molar refractivity (Wildman–Crippen MR) is 83.7 cm³/mol. The summed E-state index contributed by atoms with van der Waals surface area (Å²) in [7, 11) is 0. The Morgan fingerprint density at radius 3 is 2.59 bits per heavy atom. The summed E-state index contributed by atoms with van der Waals surface area (Å²) < 4.78 is 0. The molecule has 1 heterocycles. The van der Waals surface area contributed by atoms with Crippen LogP contribution < -0.4 is 5.32 Å². The van der Waals surface area contributed by atoms with Crippen LogP contribution in [0.25, 0.3) is 22.0 Å². The summed E-state index contributed by atoms with van der Waals surface area (Å²) in [5, 5.41) is 20.2. The van der Waals surface area contributed by atoms with Gasteiger partial charge in [0.1, 0.15) is 5.75 Å². The summed E-state index contributed by atoms with van der Waals surface area (Å²) in [5.41, 5.74) is 3.27. The van der Waals surface area contributed by atoms with Crippen LogP contribution in [0, 0.1) is 0 Å². The third-order valence-electron chi connectivity index (χ3n) is 3.89. The van der Waals surface area contributed by atoms with Crippen molar-refractivity contribution in [1.82, 2.24) is 15.5 Å². The molecule has 5 nitrogen and oxygen atoms in total. The molecule has 1 saturated carbocycles. The van der Waals surface area contributed by atoms with E-state index in [0.717, 1.165) is 34.9 Å².